The Hall–Kier alpha value is -2.01. The van der Waals surface area contributed by atoms with Crippen LogP contribution in [0.4, 0.5) is 5.82 Å². The van der Waals surface area contributed by atoms with E-state index in [0.717, 1.165) is 0 Å². The monoisotopic (exact) mass is 319 g/mol. The predicted octanol–water partition coefficient (Wildman–Crippen LogP) is 3.53. The molecule has 0 radical (unpaired) electrons. The Morgan fingerprint density at radius 1 is 1.50 bits per heavy atom. The summed E-state index contributed by atoms with van der Waals surface area (Å²) in [5, 5.41) is 7.72. The standard InChI is InChI=1S/C16H18ClN3O2/c1-11(12-5-6-12)20-15(7-8-18-20)19-16(21)10-22-14-4-2-3-13(17)9-14/h2-4,7-9,11-12H,5-6,10H2,1H3,(H,19,21)/t11-/m0/s1. The van der Waals surface area contributed by atoms with E-state index >= 15 is 0 Å². The highest BCUT2D eigenvalue weighted by Crippen LogP contribution is 2.40. The third-order valence-electron chi connectivity index (χ3n) is 3.79. The van der Waals surface area contributed by atoms with Crippen LogP contribution in [0.2, 0.25) is 5.02 Å². The minimum Gasteiger partial charge on any atom is -0.484 e. The summed E-state index contributed by atoms with van der Waals surface area (Å²) in [7, 11) is 0. The van der Waals surface area contributed by atoms with Crippen molar-refractivity contribution in [2.75, 3.05) is 11.9 Å². The van der Waals surface area contributed by atoms with Crippen molar-refractivity contribution in [1.29, 1.82) is 0 Å². The molecule has 1 aliphatic carbocycles. The van der Waals surface area contributed by atoms with Gasteiger partial charge in [0, 0.05) is 11.1 Å². The summed E-state index contributed by atoms with van der Waals surface area (Å²) in [5.74, 6) is 1.73. The lowest BCUT2D eigenvalue weighted by atomic mass is 10.2. The van der Waals surface area contributed by atoms with Crippen molar-refractivity contribution in [2.24, 2.45) is 5.92 Å². The van der Waals surface area contributed by atoms with Crippen molar-refractivity contribution in [2.45, 2.75) is 25.8 Å². The van der Waals surface area contributed by atoms with Crippen molar-refractivity contribution in [1.82, 2.24) is 9.78 Å². The van der Waals surface area contributed by atoms with Gasteiger partial charge in [-0.2, -0.15) is 5.10 Å². The van der Waals surface area contributed by atoms with Gasteiger partial charge in [0.2, 0.25) is 0 Å². The van der Waals surface area contributed by atoms with Crippen LogP contribution in [0.3, 0.4) is 0 Å². The zero-order valence-electron chi connectivity index (χ0n) is 12.3. The Kier molecular flexibility index (Phi) is 4.34. The molecule has 1 aromatic heterocycles. The van der Waals surface area contributed by atoms with Crippen LogP contribution < -0.4 is 10.1 Å². The summed E-state index contributed by atoms with van der Waals surface area (Å²) in [6.45, 7) is 2.06. The minimum absolute atomic E-state index is 0.0661. The second kappa shape index (κ2) is 6.40. The van der Waals surface area contributed by atoms with Crippen LogP contribution in [0, 0.1) is 5.92 Å². The molecule has 1 aromatic carbocycles. The molecule has 0 unspecified atom stereocenters. The first-order valence-corrected chi connectivity index (χ1v) is 7.73. The smallest absolute Gasteiger partial charge is 0.263 e. The van der Waals surface area contributed by atoms with Crippen LogP contribution in [0.25, 0.3) is 0 Å². The summed E-state index contributed by atoms with van der Waals surface area (Å²) in [5.41, 5.74) is 0. The molecule has 22 heavy (non-hydrogen) atoms. The molecule has 0 aliphatic heterocycles. The number of nitrogens with one attached hydrogen (secondary N) is 1. The van der Waals surface area contributed by atoms with Crippen LogP contribution >= 0.6 is 11.6 Å². The Morgan fingerprint density at radius 3 is 3.05 bits per heavy atom. The van der Waals surface area contributed by atoms with E-state index in [-0.39, 0.29) is 12.5 Å². The van der Waals surface area contributed by atoms with E-state index in [1.807, 2.05) is 4.68 Å². The van der Waals surface area contributed by atoms with Crippen molar-refractivity contribution in [3.63, 3.8) is 0 Å². The number of hydrogen-bond donors (Lipinski definition) is 1. The SMILES string of the molecule is C[C@@H](C1CC1)n1nccc1NC(=O)COc1cccc(Cl)c1. The zero-order valence-corrected chi connectivity index (χ0v) is 13.1. The Bertz CT molecular complexity index is 667. The molecule has 1 amide bonds. The highest BCUT2D eigenvalue weighted by molar-refractivity contribution is 6.30. The molecule has 1 aliphatic rings. The van der Waals surface area contributed by atoms with E-state index < -0.39 is 0 Å². The second-order valence-corrected chi connectivity index (χ2v) is 5.97. The Labute approximate surface area is 134 Å². The van der Waals surface area contributed by atoms with Gasteiger partial charge in [0.1, 0.15) is 11.6 Å². The van der Waals surface area contributed by atoms with E-state index in [2.05, 4.69) is 17.3 Å². The van der Waals surface area contributed by atoms with Gasteiger partial charge in [0.25, 0.3) is 5.91 Å². The van der Waals surface area contributed by atoms with E-state index in [0.29, 0.717) is 28.5 Å². The molecule has 0 bridgehead atoms. The minimum atomic E-state index is -0.218. The number of benzene rings is 1. The van der Waals surface area contributed by atoms with Gasteiger partial charge in [-0.05, 0) is 43.9 Å². The molecule has 5 nitrogen and oxygen atoms in total. The molecule has 1 fully saturated rings. The third-order valence-corrected chi connectivity index (χ3v) is 4.03. The average Bonchev–Trinajstić information content (AvgIpc) is 3.25. The molecular formula is C16H18ClN3O2. The number of halogens is 1. The zero-order chi connectivity index (χ0) is 15.5. The van der Waals surface area contributed by atoms with Crippen LogP contribution in [-0.4, -0.2) is 22.3 Å². The lowest BCUT2D eigenvalue weighted by molar-refractivity contribution is -0.118. The number of amides is 1. The molecule has 0 spiro atoms. The first-order valence-electron chi connectivity index (χ1n) is 7.35. The van der Waals surface area contributed by atoms with Crippen LogP contribution in [0.15, 0.2) is 36.5 Å². The van der Waals surface area contributed by atoms with Gasteiger partial charge >= 0.3 is 0 Å². The summed E-state index contributed by atoms with van der Waals surface area (Å²) >= 11 is 5.87. The van der Waals surface area contributed by atoms with Gasteiger partial charge in [0.15, 0.2) is 6.61 Å². The summed E-state index contributed by atoms with van der Waals surface area (Å²) < 4.78 is 7.30. The van der Waals surface area contributed by atoms with Crippen molar-refractivity contribution in [3.8, 4) is 5.75 Å². The number of carbonyl (C=O) groups excluding carboxylic acids is 1. The lowest BCUT2D eigenvalue weighted by Crippen LogP contribution is -2.23. The maximum atomic E-state index is 12.0. The van der Waals surface area contributed by atoms with Gasteiger partial charge in [-0.15, -0.1) is 0 Å². The number of aromatic nitrogens is 2. The van der Waals surface area contributed by atoms with Crippen molar-refractivity contribution >= 4 is 23.3 Å². The number of rotatable bonds is 6. The van der Waals surface area contributed by atoms with Gasteiger partial charge < -0.3 is 10.1 Å². The largest absolute Gasteiger partial charge is 0.484 e. The third kappa shape index (κ3) is 3.60. The highest BCUT2D eigenvalue weighted by Gasteiger charge is 2.30. The van der Waals surface area contributed by atoms with Gasteiger partial charge in [-0.3, -0.25) is 4.79 Å². The first-order chi connectivity index (χ1) is 10.6. The first kappa shape index (κ1) is 14.9. The van der Waals surface area contributed by atoms with Gasteiger partial charge in [-0.1, -0.05) is 17.7 Å². The number of hydrogen-bond acceptors (Lipinski definition) is 3. The fourth-order valence-electron chi connectivity index (χ4n) is 2.40. The number of nitrogens with zero attached hydrogens (tertiary/aromatic N) is 2. The van der Waals surface area contributed by atoms with Crippen molar-refractivity contribution < 1.29 is 9.53 Å². The summed E-state index contributed by atoms with van der Waals surface area (Å²) in [4.78, 5) is 12.0. The molecule has 1 N–H and O–H groups in total. The highest BCUT2D eigenvalue weighted by atomic mass is 35.5. The van der Waals surface area contributed by atoms with Crippen LogP contribution in [0.1, 0.15) is 25.8 Å². The number of ether oxygens (including phenoxy) is 1. The van der Waals surface area contributed by atoms with E-state index in [1.54, 1.807) is 36.5 Å². The normalized spacial score (nSPS) is 15.4. The van der Waals surface area contributed by atoms with E-state index in [1.165, 1.54) is 12.8 Å². The fourth-order valence-corrected chi connectivity index (χ4v) is 2.58. The molecule has 1 atom stereocenters. The van der Waals surface area contributed by atoms with Crippen LogP contribution in [-0.2, 0) is 4.79 Å². The van der Waals surface area contributed by atoms with Gasteiger partial charge in [-0.25, -0.2) is 4.68 Å². The second-order valence-electron chi connectivity index (χ2n) is 5.53. The van der Waals surface area contributed by atoms with Gasteiger partial charge in [0.05, 0.1) is 12.2 Å². The quantitative estimate of drug-likeness (QED) is 0.886. The predicted molar refractivity (Wildman–Crippen MR) is 85.2 cm³/mol. The van der Waals surface area contributed by atoms with E-state index in [4.69, 9.17) is 16.3 Å². The maximum absolute atomic E-state index is 12.0. The molecule has 3 rings (SSSR count). The Morgan fingerprint density at radius 2 is 2.32 bits per heavy atom. The van der Waals surface area contributed by atoms with Crippen LogP contribution in [0.5, 0.6) is 5.75 Å². The lowest BCUT2D eigenvalue weighted by Gasteiger charge is -2.15. The molecular weight excluding hydrogens is 302 g/mol. The summed E-state index contributed by atoms with van der Waals surface area (Å²) in [6.07, 6.45) is 4.16. The molecule has 2 aromatic rings. The van der Waals surface area contributed by atoms with Crippen molar-refractivity contribution in [3.05, 3.63) is 41.6 Å². The Balaban J connectivity index is 1.57. The molecule has 116 valence electrons. The van der Waals surface area contributed by atoms with E-state index in [9.17, 15) is 4.79 Å². The summed E-state index contributed by atoms with van der Waals surface area (Å²) in [6, 6.07) is 9.08. The molecule has 1 heterocycles. The number of carbonyl (C=O) groups is 1. The fraction of sp³-hybridized carbons (Fsp3) is 0.375. The maximum Gasteiger partial charge on any atom is 0.263 e. The molecule has 1 saturated carbocycles. The average molecular weight is 320 g/mol. The number of anilines is 1. The molecule has 6 heteroatoms. The topological polar surface area (TPSA) is 56.2 Å². The molecule has 0 saturated heterocycles.